The summed E-state index contributed by atoms with van der Waals surface area (Å²) >= 11 is 5.85. The van der Waals surface area contributed by atoms with E-state index >= 15 is 0 Å². The zero-order chi connectivity index (χ0) is 13.2. The molecule has 3 rings (SSSR count). The van der Waals surface area contributed by atoms with E-state index in [-0.39, 0.29) is 0 Å². The molecule has 3 aromatic rings. The minimum atomic E-state index is -0.568. The Balaban J connectivity index is 1.87. The Morgan fingerprint density at radius 1 is 1.16 bits per heavy atom. The Kier molecular flexibility index (Phi) is 3.23. The Morgan fingerprint density at radius 2 is 1.95 bits per heavy atom. The first kappa shape index (κ1) is 12.2. The van der Waals surface area contributed by atoms with Gasteiger partial charge in [-0.2, -0.15) is 5.10 Å². The summed E-state index contributed by atoms with van der Waals surface area (Å²) in [4.78, 5) is 0. The predicted octanol–water partition coefficient (Wildman–Crippen LogP) is 3.26. The molecule has 1 aromatic carbocycles. The van der Waals surface area contributed by atoms with Gasteiger partial charge in [0.25, 0.3) is 0 Å². The topological polar surface area (TPSA) is 37.5 Å². The second-order valence-corrected chi connectivity index (χ2v) is 4.91. The summed E-state index contributed by atoms with van der Waals surface area (Å²) in [6, 6.07) is 13.3. The number of aliphatic hydroxyl groups is 1. The maximum atomic E-state index is 10.3. The van der Waals surface area contributed by atoms with Crippen LogP contribution in [-0.2, 0) is 6.42 Å². The summed E-state index contributed by atoms with van der Waals surface area (Å²) < 4.78 is 1.76. The predicted molar refractivity (Wildman–Crippen MR) is 75.3 cm³/mol. The highest BCUT2D eigenvalue weighted by molar-refractivity contribution is 6.30. The lowest BCUT2D eigenvalue weighted by Crippen LogP contribution is -2.01. The molecule has 1 atom stereocenters. The molecular formula is C15H13ClN2O. The molecule has 2 heterocycles. The molecule has 0 amide bonds. The first-order valence-electron chi connectivity index (χ1n) is 6.09. The van der Waals surface area contributed by atoms with Gasteiger partial charge in [-0.1, -0.05) is 29.8 Å². The summed E-state index contributed by atoms with van der Waals surface area (Å²) in [5.74, 6) is 0. The Hall–Kier alpha value is -1.84. The van der Waals surface area contributed by atoms with Crippen molar-refractivity contribution in [2.75, 3.05) is 0 Å². The van der Waals surface area contributed by atoms with Crippen molar-refractivity contribution in [1.29, 1.82) is 0 Å². The Bertz CT molecular complexity index is 691. The maximum Gasteiger partial charge on any atom is 0.0867 e. The van der Waals surface area contributed by atoms with Gasteiger partial charge in [0, 0.05) is 23.2 Å². The number of pyridine rings is 1. The molecule has 0 saturated carbocycles. The SMILES string of the molecule is OC(Cc1ccc(Cl)cc1)c1cnn2ccccc12. The molecular weight excluding hydrogens is 260 g/mol. The van der Waals surface area contributed by atoms with E-state index in [0.29, 0.717) is 11.4 Å². The van der Waals surface area contributed by atoms with E-state index in [1.807, 2.05) is 48.7 Å². The van der Waals surface area contributed by atoms with Gasteiger partial charge in [-0.25, -0.2) is 4.52 Å². The van der Waals surface area contributed by atoms with Gasteiger partial charge < -0.3 is 5.11 Å². The van der Waals surface area contributed by atoms with Crippen molar-refractivity contribution in [3.63, 3.8) is 0 Å². The first-order valence-corrected chi connectivity index (χ1v) is 6.46. The highest BCUT2D eigenvalue weighted by atomic mass is 35.5. The number of hydrogen-bond donors (Lipinski definition) is 1. The number of aromatic nitrogens is 2. The highest BCUT2D eigenvalue weighted by Crippen LogP contribution is 2.23. The van der Waals surface area contributed by atoms with Crippen molar-refractivity contribution in [3.8, 4) is 0 Å². The van der Waals surface area contributed by atoms with Gasteiger partial charge >= 0.3 is 0 Å². The van der Waals surface area contributed by atoms with Gasteiger partial charge in [-0.3, -0.25) is 0 Å². The molecule has 3 nitrogen and oxygen atoms in total. The van der Waals surface area contributed by atoms with Crippen LogP contribution in [0.5, 0.6) is 0 Å². The molecule has 2 aromatic heterocycles. The number of nitrogens with zero attached hydrogens (tertiary/aromatic N) is 2. The quantitative estimate of drug-likeness (QED) is 0.795. The van der Waals surface area contributed by atoms with Crippen LogP contribution in [0.4, 0.5) is 0 Å². The molecule has 0 aliphatic rings. The molecule has 0 aliphatic heterocycles. The van der Waals surface area contributed by atoms with Crippen molar-refractivity contribution in [2.24, 2.45) is 0 Å². The largest absolute Gasteiger partial charge is 0.388 e. The number of rotatable bonds is 3. The monoisotopic (exact) mass is 272 g/mol. The minimum absolute atomic E-state index is 0.549. The van der Waals surface area contributed by atoms with Crippen molar-refractivity contribution < 1.29 is 5.11 Å². The molecule has 4 heteroatoms. The normalized spacial score (nSPS) is 12.7. The first-order chi connectivity index (χ1) is 9.24. The van der Waals surface area contributed by atoms with Gasteiger partial charge in [-0.15, -0.1) is 0 Å². The van der Waals surface area contributed by atoms with Crippen molar-refractivity contribution in [3.05, 3.63) is 71.0 Å². The molecule has 96 valence electrons. The fourth-order valence-corrected chi connectivity index (χ4v) is 2.29. The lowest BCUT2D eigenvalue weighted by atomic mass is 10.0. The Morgan fingerprint density at radius 3 is 2.74 bits per heavy atom. The van der Waals surface area contributed by atoms with E-state index in [1.54, 1.807) is 10.7 Å². The minimum Gasteiger partial charge on any atom is -0.388 e. The van der Waals surface area contributed by atoms with E-state index in [9.17, 15) is 5.11 Å². The molecule has 0 spiro atoms. The van der Waals surface area contributed by atoms with Crippen LogP contribution in [0.3, 0.4) is 0 Å². The van der Waals surface area contributed by atoms with E-state index in [1.165, 1.54) is 0 Å². The standard InChI is InChI=1S/C15H13ClN2O/c16-12-6-4-11(5-7-12)9-15(19)13-10-17-18-8-2-1-3-14(13)18/h1-8,10,15,19H,9H2. The van der Waals surface area contributed by atoms with Gasteiger partial charge in [0.1, 0.15) is 0 Å². The van der Waals surface area contributed by atoms with E-state index < -0.39 is 6.10 Å². The smallest absolute Gasteiger partial charge is 0.0867 e. The van der Waals surface area contributed by atoms with Crippen LogP contribution in [0, 0.1) is 0 Å². The molecule has 1 unspecified atom stereocenters. The summed E-state index contributed by atoms with van der Waals surface area (Å²) in [6.07, 6.45) is 3.57. The van der Waals surface area contributed by atoms with Gasteiger partial charge in [-0.05, 0) is 29.8 Å². The number of benzene rings is 1. The molecule has 0 saturated heterocycles. The third-order valence-corrected chi connectivity index (χ3v) is 3.41. The van der Waals surface area contributed by atoms with Crippen LogP contribution in [0.25, 0.3) is 5.52 Å². The van der Waals surface area contributed by atoms with Crippen LogP contribution in [0.15, 0.2) is 54.9 Å². The summed E-state index contributed by atoms with van der Waals surface area (Å²) in [5.41, 5.74) is 2.83. The summed E-state index contributed by atoms with van der Waals surface area (Å²) in [6.45, 7) is 0. The molecule has 1 N–H and O–H groups in total. The summed E-state index contributed by atoms with van der Waals surface area (Å²) in [7, 11) is 0. The van der Waals surface area contributed by atoms with Crippen LogP contribution in [-0.4, -0.2) is 14.7 Å². The molecule has 0 bridgehead atoms. The lowest BCUT2D eigenvalue weighted by Gasteiger charge is -2.09. The Labute approximate surface area is 116 Å². The van der Waals surface area contributed by atoms with Gasteiger partial charge in [0.15, 0.2) is 0 Å². The zero-order valence-corrected chi connectivity index (χ0v) is 11.0. The van der Waals surface area contributed by atoms with E-state index in [2.05, 4.69) is 5.10 Å². The average Bonchev–Trinajstić information content (AvgIpc) is 2.85. The van der Waals surface area contributed by atoms with E-state index in [4.69, 9.17) is 11.6 Å². The zero-order valence-electron chi connectivity index (χ0n) is 10.2. The number of fused-ring (bicyclic) bond motifs is 1. The number of hydrogen-bond acceptors (Lipinski definition) is 2. The van der Waals surface area contributed by atoms with Crippen molar-refractivity contribution in [1.82, 2.24) is 9.61 Å². The van der Waals surface area contributed by atoms with Crippen molar-refractivity contribution in [2.45, 2.75) is 12.5 Å². The van der Waals surface area contributed by atoms with Crippen LogP contribution < -0.4 is 0 Å². The van der Waals surface area contributed by atoms with Gasteiger partial charge in [0.05, 0.1) is 17.8 Å². The lowest BCUT2D eigenvalue weighted by molar-refractivity contribution is 0.180. The number of aliphatic hydroxyl groups excluding tert-OH is 1. The van der Waals surface area contributed by atoms with Gasteiger partial charge in [0.2, 0.25) is 0 Å². The second kappa shape index (κ2) is 5.03. The maximum absolute atomic E-state index is 10.3. The molecule has 0 fully saturated rings. The molecule has 0 aliphatic carbocycles. The second-order valence-electron chi connectivity index (χ2n) is 4.48. The summed E-state index contributed by atoms with van der Waals surface area (Å²) in [5, 5.41) is 15.3. The highest BCUT2D eigenvalue weighted by Gasteiger charge is 2.13. The number of halogens is 1. The van der Waals surface area contributed by atoms with Crippen LogP contribution >= 0.6 is 11.6 Å². The fourth-order valence-electron chi connectivity index (χ4n) is 2.16. The van der Waals surface area contributed by atoms with Crippen molar-refractivity contribution >= 4 is 17.1 Å². The third kappa shape index (κ3) is 2.48. The molecule has 19 heavy (non-hydrogen) atoms. The average molecular weight is 273 g/mol. The third-order valence-electron chi connectivity index (χ3n) is 3.16. The van der Waals surface area contributed by atoms with Crippen LogP contribution in [0.1, 0.15) is 17.2 Å². The van der Waals surface area contributed by atoms with E-state index in [0.717, 1.165) is 16.6 Å². The van der Waals surface area contributed by atoms with Crippen LogP contribution in [0.2, 0.25) is 5.02 Å². The molecule has 0 radical (unpaired) electrons. The fraction of sp³-hybridized carbons (Fsp3) is 0.133.